The normalized spacial score (nSPS) is 10.7. The van der Waals surface area contributed by atoms with Crippen molar-refractivity contribution in [3.8, 4) is 5.69 Å². The number of nitrogens with one attached hydrogen (secondary N) is 2. The Morgan fingerprint density at radius 3 is 2.22 bits per heavy atom. The number of carbonyl (C=O) groups is 1. The molecule has 2 N–H and O–H groups in total. The lowest BCUT2D eigenvalue weighted by Crippen LogP contribution is -2.38. The van der Waals surface area contributed by atoms with Crippen molar-refractivity contribution in [3.63, 3.8) is 0 Å². The summed E-state index contributed by atoms with van der Waals surface area (Å²) < 4.78 is 0.978. The number of rotatable bonds is 3. The van der Waals surface area contributed by atoms with Gasteiger partial charge in [-0.25, -0.2) is 9.36 Å². The molecule has 0 radical (unpaired) electrons. The lowest BCUT2D eigenvalue weighted by Gasteiger charge is -2.12. The van der Waals surface area contributed by atoms with Gasteiger partial charge in [0.05, 0.1) is 5.69 Å². The van der Waals surface area contributed by atoms with Crippen molar-refractivity contribution in [2.75, 3.05) is 5.32 Å². The molecule has 0 spiro atoms. The first kappa shape index (κ1) is 18.4. The van der Waals surface area contributed by atoms with Gasteiger partial charge >= 0.3 is 5.69 Å². The maximum atomic E-state index is 12.9. The Morgan fingerprint density at radius 2 is 1.59 bits per heavy atom. The lowest BCUT2D eigenvalue weighted by molar-refractivity contribution is 0.102. The van der Waals surface area contributed by atoms with Gasteiger partial charge in [0.15, 0.2) is 0 Å². The average Bonchev–Trinajstić information content (AvgIpc) is 2.61. The molecule has 0 aliphatic rings. The van der Waals surface area contributed by atoms with Crippen LogP contribution in [0.2, 0.25) is 0 Å². The first-order valence-electron chi connectivity index (χ1n) is 8.59. The number of benzene rings is 2. The summed E-state index contributed by atoms with van der Waals surface area (Å²) >= 11 is 0. The third kappa shape index (κ3) is 3.46. The number of aromatic amines is 1. The van der Waals surface area contributed by atoms with Crippen LogP contribution in [0, 0.1) is 27.7 Å². The van der Waals surface area contributed by atoms with Gasteiger partial charge in [0.1, 0.15) is 5.56 Å². The molecular formula is C21H21N3O3. The zero-order chi connectivity index (χ0) is 19.7. The van der Waals surface area contributed by atoms with Crippen LogP contribution in [0.3, 0.4) is 0 Å². The minimum absolute atomic E-state index is 0.129. The van der Waals surface area contributed by atoms with Gasteiger partial charge < -0.3 is 10.3 Å². The number of aryl methyl sites for hydroxylation is 4. The largest absolute Gasteiger partial charge is 0.333 e. The number of H-pyrrole nitrogens is 1. The van der Waals surface area contributed by atoms with Crippen molar-refractivity contribution >= 4 is 11.6 Å². The SMILES string of the molecule is Cc1ccc(-n2c(=O)[nH]cc(C(=O)Nc3c(C)cccc3C)c2=O)cc1C. The molecule has 0 bridgehead atoms. The van der Waals surface area contributed by atoms with E-state index in [1.54, 1.807) is 12.1 Å². The molecule has 0 aliphatic carbocycles. The monoisotopic (exact) mass is 363 g/mol. The molecule has 0 atom stereocenters. The minimum Gasteiger partial charge on any atom is -0.321 e. The van der Waals surface area contributed by atoms with E-state index >= 15 is 0 Å². The van der Waals surface area contributed by atoms with Gasteiger partial charge in [-0.15, -0.1) is 0 Å². The highest BCUT2D eigenvalue weighted by Crippen LogP contribution is 2.20. The first-order valence-corrected chi connectivity index (χ1v) is 8.59. The van der Waals surface area contributed by atoms with Crippen LogP contribution in [0.25, 0.3) is 5.69 Å². The van der Waals surface area contributed by atoms with Crippen LogP contribution in [-0.2, 0) is 0 Å². The van der Waals surface area contributed by atoms with E-state index < -0.39 is 17.2 Å². The summed E-state index contributed by atoms with van der Waals surface area (Å²) in [7, 11) is 0. The van der Waals surface area contributed by atoms with Crippen LogP contribution < -0.4 is 16.6 Å². The Labute approximate surface area is 156 Å². The predicted molar refractivity (Wildman–Crippen MR) is 106 cm³/mol. The summed E-state index contributed by atoms with van der Waals surface area (Å²) in [5.74, 6) is -0.564. The van der Waals surface area contributed by atoms with E-state index in [4.69, 9.17) is 0 Å². The highest BCUT2D eigenvalue weighted by molar-refractivity contribution is 6.04. The molecule has 6 heteroatoms. The van der Waals surface area contributed by atoms with E-state index in [-0.39, 0.29) is 5.56 Å². The highest BCUT2D eigenvalue weighted by Gasteiger charge is 2.17. The van der Waals surface area contributed by atoms with Crippen molar-refractivity contribution in [2.45, 2.75) is 27.7 Å². The molecule has 0 unspecified atom stereocenters. The first-order chi connectivity index (χ1) is 12.8. The second kappa shape index (κ2) is 7.07. The molecule has 1 amide bonds. The summed E-state index contributed by atoms with van der Waals surface area (Å²) in [6.07, 6.45) is 1.16. The summed E-state index contributed by atoms with van der Waals surface area (Å²) in [5, 5.41) is 2.78. The molecule has 1 heterocycles. The standard InChI is InChI=1S/C21H21N3O3/c1-12-8-9-16(10-15(12)4)24-20(26)17(11-22-21(24)27)19(25)23-18-13(2)6-5-7-14(18)3/h5-11H,1-4H3,(H,22,27)(H,23,25). The van der Waals surface area contributed by atoms with Crippen molar-refractivity contribution in [1.29, 1.82) is 0 Å². The van der Waals surface area contributed by atoms with Crippen LogP contribution >= 0.6 is 0 Å². The van der Waals surface area contributed by atoms with E-state index in [1.807, 2.05) is 52.0 Å². The molecular weight excluding hydrogens is 342 g/mol. The number of amides is 1. The molecule has 0 fully saturated rings. The van der Waals surface area contributed by atoms with Crippen molar-refractivity contribution in [1.82, 2.24) is 9.55 Å². The quantitative estimate of drug-likeness (QED) is 0.750. The maximum Gasteiger partial charge on any atom is 0.333 e. The highest BCUT2D eigenvalue weighted by atomic mass is 16.2. The van der Waals surface area contributed by atoms with Crippen LogP contribution in [-0.4, -0.2) is 15.5 Å². The fraction of sp³-hybridized carbons (Fsp3) is 0.190. The second-order valence-corrected chi connectivity index (χ2v) is 6.64. The zero-order valence-electron chi connectivity index (χ0n) is 15.7. The molecule has 1 aromatic heterocycles. The van der Waals surface area contributed by atoms with Crippen LogP contribution in [0.1, 0.15) is 32.6 Å². The third-order valence-electron chi connectivity index (χ3n) is 4.69. The van der Waals surface area contributed by atoms with Crippen LogP contribution in [0.15, 0.2) is 52.2 Å². The number of aromatic nitrogens is 2. The molecule has 2 aromatic carbocycles. The second-order valence-electron chi connectivity index (χ2n) is 6.64. The van der Waals surface area contributed by atoms with E-state index in [2.05, 4.69) is 10.3 Å². The molecule has 0 saturated heterocycles. The van der Waals surface area contributed by atoms with Crippen LogP contribution in [0.4, 0.5) is 5.69 Å². The number of anilines is 1. The van der Waals surface area contributed by atoms with Gasteiger partial charge in [-0.2, -0.15) is 0 Å². The van der Waals surface area contributed by atoms with Crippen molar-refractivity contribution in [3.05, 3.63) is 91.3 Å². The smallest absolute Gasteiger partial charge is 0.321 e. The summed E-state index contributed by atoms with van der Waals surface area (Å²) in [6.45, 7) is 7.60. The van der Waals surface area contributed by atoms with E-state index in [0.29, 0.717) is 11.4 Å². The molecule has 0 aliphatic heterocycles. The van der Waals surface area contributed by atoms with Crippen molar-refractivity contribution in [2.24, 2.45) is 0 Å². The molecule has 138 valence electrons. The Morgan fingerprint density at radius 1 is 0.926 bits per heavy atom. The number of nitrogens with zero attached hydrogens (tertiary/aromatic N) is 1. The Kier molecular flexibility index (Phi) is 4.81. The molecule has 0 saturated carbocycles. The van der Waals surface area contributed by atoms with Crippen LogP contribution in [0.5, 0.6) is 0 Å². The molecule has 6 nitrogen and oxygen atoms in total. The van der Waals surface area contributed by atoms with Gasteiger partial charge in [0.25, 0.3) is 11.5 Å². The van der Waals surface area contributed by atoms with Gasteiger partial charge in [-0.05, 0) is 62.1 Å². The zero-order valence-corrected chi connectivity index (χ0v) is 15.7. The van der Waals surface area contributed by atoms with Gasteiger partial charge in [-0.1, -0.05) is 24.3 Å². The summed E-state index contributed by atoms with van der Waals surface area (Å²) in [4.78, 5) is 40.3. The Bertz CT molecular complexity index is 1140. The van der Waals surface area contributed by atoms with E-state index in [0.717, 1.165) is 33.0 Å². The number of para-hydroxylation sites is 1. The maximum absolute atomic E-state index is 12.9. The summed E-state index contributed by atoms with van der Waals surface area (Å²) in [5.41, 5.74) is 3.48. The topological polar surface area (TPSA) is 84.0 Å². The number of hydrogen-bond acceptors (Lipinski definition) is 3. The Hall–Kier alpha value is -3.41. The van der Waals surface area contributed by atoms with Gasteiger partial charge in [0, 0.05) is 11.9 Å². The Balaban J connectivity index is 2.08. The van der Waals surface area contributed by atoms with Gasteiger partial charge in [0.2, 0.25) is 0 Å². The fourth-order valence-electron chi connectivity index (χ4n) is 2.93. The third-order valence-corrected chi connectivity index (χ3v) is 4.69. The fourth-order valence-corrected chi connectivity index (χ4v) is 2.93. The number of carbonyl (C=O) groups excluding carboxylic acids is 1. The molecule has 3 aromatic rings. The molecule has 27 heavy (non-hydrogen) atoms. The van der Waals surface area contributed by atoms with Gasteiger partial charge in [-0.3, -0.25) is 9.59 Å². The average molecular weight is 363 g/mol. The minimum atomic E-state index is -0.661. The predicted octanol–water partition coefficient (Wildman–Crippen LogP) is 3.01. The lowest BCUT2D eigenvalue weighted by atomic mass is 10.1. The van der Waals surface area contributed by atoms with E-state index in [9.17, 15) is 14.4 Å². The summed E-state index contributed by atoms with van der Waals surface area (Å²) in [6, 6.07) is 10.9. The van der Waals surface area contributed by atoms with E-state index in [1.165, 1.54) is 0 Å². The van der Waals surface area contributed by atoms with Crippen molar-refractivity contribution < 1.29 is 4.79 Å². The molecule has 3 rings (SSSR count). The number of hydrogen-bond donors (Lipinski definition) is 2.